The molecule has 0 radical (unpaired) electrons. The summed E-state index contributed by atoms with van der Waals surface area (Å²) in [7, 11) is 0. The summed E-state index contributed by atoms with van der Waals surface area (Å²) in [6.45, 7) is 4.38. The third-order valence-corrected chi connectivity index (χ3v) is 3.69. The van der Waals surface area contributed by atoms with Gasteiger partial charge < -0.3 is 10.0 Å². The Balaban J connectivity index is 2.14. The maximum absolute atomic E-state index is 11.5. The molecule has 0 bridgehead atoms. The summed E-state index contributed by atoms with van der Waals surface area (Å²) in [6, 6.07) is -0.0200. The topological polar surface area (TPSA) is 53.4 Å². The van der Waals surface area contributed by atoms with Crippen LogP contribution in [0.3, 0.4) is 0 Å². The minimum atomic E-state index is -0.513. The molecule has 1 aromatic rings. The number of aromatic nitrogens is 1. The van der Waals surface area contributed by atoms with E-state index in [1.807, 2.05) is 20.0 Å². The highest BCUT2D eigenvalue weighted by atomic mass is 32.1. The predicted octanol–water partition coefficient (Wildman–Crippen LogP) is 1.11. The normalized spacial score (nSPS) is 23.5. The average molecular weight is 226 g/mol. The van der Waals surface area contributed by atoms with Crippen molar-refractivity contribution in [2.75, 3.05) is 6.54 Å². The number of carbonyl (C=O) groups excluding carboxylic acids is 1. The molecule has 0 spiro atoms. The van der Waals surface area contributed by atoms with Gasteiger partial charge in [-0.1, -0.05) is 0 Å². The zero-order valence-electron chi connectivity index (χ0n) is 8.80. The van der Waals surface area contributed by atoms with Crippen molar-refractivity contribution in [3.05, 3.63) is 16.1 Å². The minimum Gasteiger partial charge on any atom is -0.391 e. The highest BCUT2D eigenvalue weighted by Crippen LogP contribution is 2.28. The van der Waals surface area contributed by atoms with Crippen LogP contribution < -0.4 is 0 Å². The van der Waals surface area contributed by atoms with Gasteiger partial charge in [-0.05, 0) is 13.8 Å². The summed E-state index contributed by atoms with van der Waals surface area (Å²) in [6.07, 6.45) is 1.54. The lowest BCUT2D eigenvalue weighted by atomic mass is 10.3. The molecule has 2 rings (SSSR count). The molecule has 15 heavy (non-hydrogen) atoms. The van der Waals surface area contributed by atoms with E-state index < -0.39 is 6.10 Å². The van der Waals surface area contributed by atoms with Crippen LogP contribution in [0.4, 0.5) is 0 Å². The molecule has 2 unspecified atom stereocenters. The first-order valence-electron chi connectivity index (χ1n) is 4.98. The molecule has 82 valence electrons. The van der Waals surface area contributed by atoms with E-state index in [-0.39, 0.29) is 18.4 Å². The maximum atomic E-state index is 11.5. The summed E-state index contributed by atoms with van der Waals surface area (Å²) in [4.78, 5) is 18.7. The lowest BCUT2D eigenvalue weighted by Gasteiger charge is -2.22. The third-order valence-electron chi connectivity index (χ3n) is 2.60. The molecule has 2 atom stereocenters. The van der Waals surface area contributed by atoms with Crippen LogP contribution in [0.5, 0.6) is 0 Å². The molecule has 1 aliphatic heterocycles. The van der Waals surface area contributed by atoms with Crippen LogP contribution in [0.2, 0.25) is 0 Å². The van der Waals surface area contributed by atoms with Gasteiger partial charge in [0.1, 0.15) is 5.01 Å². The van der Waals surface area contributed by atoms with Gasteiger partial charge in [0.25, 0.3) is 0 Å². The van der Waals surface area contributed by atoms with Crippen LogP contribution >= 0.6 is 11.3 Å². The van der Waals surface area contributed by atoms with Crippen molar-refractivity contribution in [3.63, 3.8) is 0 Å². The SMILES string of the molecule is Cc1cnc(C(C)N2CC(O)CC2=O)s1. The largest absolute Gasteiger partial charge is 0.391 e. The maximum Gasteiger partial charge on any atom is 0.225 e. The lowest BCUT2D eigenvalue weighted by Crippen LogP contribution is -2.28. The molecule has 4 nitrogen and oxygen atoms in total. The zero-order chi connectivity index (χ0) is 11.0. The van der Waals surface area contributed by atoms with Crippen molar-refractivity contribution in [3.8, 4) is 0 Å². The van der Waals surface area contributed by atoms with E-state index in [0.717, 1.165) is 9.88 Å². The van der Waals surface area contributed by atoms with Crippen LogP contribution in [0.1, 0.15) is 29.3 Å². The molecule has 1 aromatic heterocycles. The second kappa shape index (κ2) is 3.90. The number of aliphatic hydroxyl groups excluding tert-OH is 1. The lowest BCUT2D eigenvalue weighted by molar-refractivity contribution is -0.129. The minimum absolute atomic E-state index is 0.0165. The van der Waals surface area contributed by atoms with Crippen molar-refractivity contribution in [2.45, 2.75) is 32.4 Å². The molecular weight excluding hydrogens is 212 g/mol. The molecule has 1 aliphatic rings. The first-order chi connectivity index (χ1) is 7.08. The fraction of sp³-hybridized carbons (Fsp3) is 0.600. The Morgan fingerprint density at radius 2 is 2.47 bits per heavy atom. The summed E-state index contributed by atoms with van der Waals surface area (Å²) < 4.78 is 0. The van der Waals surface area contributed by atoms with E-state index in [2.05, 4.69) is 4.98 Å². The van der Waals surface area contributed by atoms with Gasteiger partial charge in [-0.15, -0.1) is 11.3 Å². The number of amides is 1. The monoisotopic (exact) mass is 226 g/mol. The van der Waals surface area contributed by atoms with Gasteiger partial charge in [-0.25, -0.2) is 4.98 Å². The number of carbonyl (C=O) groups is 1. The van der Waals surface area contributed by atoms with Gasteiger partial charge in [0.15, 0.2) is 0 Å². The Morgan fingerprint density at radius 1 is 1.73 bits per heavy atom. The number of aryl methyl sites for hydroxylation is 1. The Labute approximate surface area is 92.6 Å². The van der Waals surface area contributed by atoms with Gasteiger partial charge in [0.05, 0.1) is 18.6 Å². The molecule has 0 saturated carbocycles. The summed E-state index contributed by atoms with van der Waals surface area (Å²) in [5.74, 6) is 0.0165. The second-order valence-corrected chi connectivity index (χ2v) is 5.16. The van der Waals surface area contributed by atoms with Crippen molar-refractivity contribution in [2.24, 2.45) is 0 Å². The van der Waals surface area contributed by atoms with Gasteiger partial charge in [0.2, 0.25) is 5.91 Å². The number of nitrogens with zero attached hydrogens (tertiary/aromatic N) is 2. The average Bonchev–Trinajstić information content (AvgIpc) is 2.71. The number of aliphatic hydroxyl groups is 1. The van der Waals surface area contributed by atoms with Crippen LogP contribution in [0, 0.1) is 6.92 Å². The van der Waals surface area contributed by atoms with E-state index in [4.69, 9.17) is 0 Å². The predicted molar refractivity (Wildman–Crippen MR) is 57.6 cm³/mol. The third kappa shape index (κ3) is 2.03. The quantitative estimate of drug-likeness (QED) is 0.821. The number of thiazole rings is 1. The smallest absolute Gasteiger partial charge is 0.225 e. The number of β-amino-alcohol motifs (C(OH)–C–C–N with tert-alkyl or cyclic N) is 1. The Morgan fingerprint density at radius 3 is 2.93 bits per heavy atom. The first-order valence-corrected chi connectivity index (χ1v) is 5.79. The van der Waals surface area contributed by atoms with E-state index in [0.29, 0.717) is 6.54 Å². The summed E-state index contributed by atoms with van der Waals surface area (Å²) >= 11 is 1.60. The summed E-state index contributed by atoms with van der Waals surface area (Å²) in [5.41, 5.74) is 0. The van der Waals surface area contributed by atoms with E-state index in [1.165, 1.54) is 0 Å². The van der Waals surface area contributed by atoms with E-state index >= 15 is 0 Å². The van der Waals surface area contributed by atoms with Gasteiger partial charge in [-0.3, -0.25) is 4.79 Å². The molecule has 1 N–H and O–H groups in total. The van der Waals surface area contributed by atoms with Crippen LogP contribution in [0.15, 0.2) is 6.20 Å². The molecule has 0 aliphatic carbocycles. The Kier molecular flexibility index (Phi) is 2.75. The standard InChI is InChI=1S/C10H14N2O2S/c1-6-4-11-10(15-6)7(2)12-5-8(13)3-9(12)14/h4,7-8,13H,3,5H2,1-2H3. The Hall–Kier alpha value is -0.940. The first kappa shape index (κ1) is 10.6. The highest BCUT2D eigenvalue weighted by molar-refractivity contribution is 7.11. The molecule has 5 heteroatoms. The summed E-state index contributed by atoms with van der Waals surface area (Å²) in [5, 5.41) is 10.3. The number of hydrogen-bond donors (Lipinski definition) is 1. The molecular formula is C10H14N2O2S. The van der Waals surface area contributed by atoms with Crippen molar-refractivity contribution < 1.29 is 9.90 Å². The van der Waals surface area contributed by atoms with Crippen molar-refractivity contribution in [1.82, 2.24) is 9.88 Å². The van der Waals surface area contributed by atoms with Crippen molar-refractivity contribution in [1.29, 1.82) is 0 Å². The Bertz CT molecular complexity index is 377. The van der Waals surface area contributed by atoms with Gasteiger partial charge in [0, 0.05) is 17.6 Å². The van der Waals surface area contributed by atoms with Gasteiger partial charge in [-0.2, -0.15) is 0 Å². The highest BCUT2D eigenvalue weighted by Gasteiger charge is 2.32. The van der Waals surface area contributed by atoms with E-state index in [1.54, 1.807) is 16.2 Å². The van der Waals surface area contributed by atoms with Crippen LogP contribution in [-0.2, 0) is 4.79 Å². The van der Waals surface area contributed by atoms with E-state index in [9.17, 15) is 9.90 Å². The molecule has 2 heterocycles. The molecule has 1 saturated heterocycles. The number of hydrogen-bond acceptors (Lipinski definition) is 4. The number of likely N-dealkylation sites (tertiary alicyclic amines) is 1. The molecule has 1 fully saturated rings. The fourth-order valence-corrected chi connectivity index (χ4v) is 2.62. The van der Waals surface area contributed by atoms with Crippen LogP contribution in [0.25, 0.3) is 0 Å². The van der Waals surface area contributed by atoms with Crippen LogP contribution in [-0.4, -0.2) is 33.5 Å². The molecule has 0 aromatic carbocycles. The van der Waals surface area contributed by atoms with Crippen molar-refractivity contribution >= 4 is 17.2 Å². The zero-order valence-corrected chi connectivity index (χ0v) is 9.62. The van der Waals surface area contributed by atoms with Gasteiger partial charge >= 0.3 is 0 Å². The number of rotatable bonds is 2. The second-order valence-electron chi connectivity index (χ2n) is 3.89. The molecule has 1 amide bonds. The fourth-order valence-electron chi connectivity index (χ4n) is 1.78.